The molecule has 0 spiro atoms. The van der Waals surface area contributed by atoms with Crippen LogP contribution in [0.2, 0.25) is 0 Å². The second kappa shape index (κ2) is 3.52. The molecule has 0 aromatic carbocycles. The monoisotopic (exact) mass is 218 g/mol. The average Bonchev–Trinajstić information content (AvgIpc) is 2.56. The molecular weight excluding hydrogens is 200 g/mol. The van der Waals surface area contributed by atoms with Crippen LogP contribution in [0.4, 0.5) is 0 Å². The number of carbonyl (C=O) groups excluding carboxylic acids is 1. The summed E-state index contributed by atoms with van der Waals surface area (Å²) in [5.41, 5.74) is -1.46. The Morgan fingerprint density at radius 3 is 2.87 bits per heavy atom. The van der Waals surface area contributed by atoms with E-state index in [2.05, 4.69) is 5.11 Å². The lowest BCUT2D eigenvalue weighted by Crippen LogP contribution is -2.54. The highest BCUT2D eigenvalue weighted by Crippen LogP contribution is 2.37. The van der Waals surface area contributed by atoms with E-state index >= 15 is 0 Å². The molecule has 1 unspecified atom stereocenters. The Balaban J connectivity index is 2.19. The van der Waals surface area contributed by atoms with Gasteiger partial charge in [0, 0.05) is 12.8 Å². The molecule has 1 saturated carbocycles. The van der Waals surface area contributed by atoms with Gasteiger partial charge in [0.1, 0.15) is 11.7 Å². The van der Waals surface area contributed by atoms with Crippen molar-refractivity contribution in [3.63, 3.8) is 0 Å². The molecule has 0 bridgehead atoms. The minimum Gasteiger partial charge on any atom is -0.390 e. The standard InChI is InChI=1S/C10H16O5/c1-5(11)10(13)3-7(12)9-8(4-10)14-6(2)15-9/h6-9,12-13H,3-4H2,1-2H3/t6?,7-,8-,9+,10-/m1/s1/i12T. The second-order valence-corrected chi connectivity index (χ2v) is 4.38. The highest BCUT2D eigenvalue weighted by molar-refractivity contribution is 5.84. The normalized spacial score (nSPS) is 51.0. The highest BCUT2D eigenvalue weighted by Gasteiger charge is 2.52. The van der Waals surface area contributed by atoms with Crippen molar-refractivity contribution in [2.75, 3.05) is 0 Å². The second-order valence-electron chi connectivity index (χ2n) is 4.38. The van der Waals surface area contributed by atoms with Gasteiger partial charge in [-0.15, -0.1) is 0 Å². The van der Waals surface area contributed by atoms with Crippen molar-refractivity contribution in [3.8, 4) is 0 Å². The van der Waals surface area contributed by atoms with Crippen molar-refractivity contribution in [3.05, 3.63) is 0 Å². The number of fused-ring (bicyclic) bond motifs is 1. The molecule has 2 N–H and O–H groups in total. The third kappa shape index (κ3) is 1.80. The molecule has 15 heavy (non-hydrogen) atoms. The van der Waals surface area contributed by atoms with Crippen LogP contribution in [-0.4, -0.2) is 47.6 Å². The van der Waals surface area contributed by atoms with Crippen LogP contribution in [0.3, 0.4) is 0 Å². The molecule has 2 aliphatic rings. The van der Waals surface area contributed by atoms with E-state index in [0.717, 1.165) is 0 Å². The largest absolute Gasteiger partial charge is 0.390 e. The van der Waals surface area contributed by atoms with Crippen molar-refractivity contribution < 1.29 is 24.5 Å². The summed E-state index contributed by atoms with van der Waals surface area (Å²) in [6, 6.07) is 0. The molecule has 1 saturated heterocycles. The first-order valence-electron chi connectivity index (χ1n) is 5.53. The van der Waals surface area contributed by atoms with Crippen molar-refractivity contribution in [1.82, 2.24) is 0 Å². The molecule has 5 nitrogen and oxygen atoms in total. The number of Topliss-reactive ketones (excluding diaryl/α,β-unsaturated/α-hetero) is 1. The predicted molar refractivity (Wildman–Crippen MR) is 50.1 cm³/mol. The number of hydrogen-bond donors (Lipinski definition) is 2. The Hall–Kier alpha value is -0.490. The van der Waals surface area contributed by atoms with Gasteiger partial charge < -0.3 is 19.7 Å². The zero-order valence-corrected chi connectivity index (χ0v) is 8.80. The van der Waals surface area contributed by atoms with Crippen LogP contribution in [0.1, 0.15) is 26.7 Å². The number of hydrogen-bond acceptors (Lipinski definition) is 5. The summed E-state index contributed by atoms with van der Waals surface area (Å²) in [5.74, 6) is -0.323. The van der Waals surface area contributed by atoms with Crippen molar-refractivity contribution in [2.45, 2.75) is 56.9 Å². The fourth-order valence-electron chi connectivity index (χ4n) is 2.31. The maximum Gasteiger partial charge on any atom is 0.211 e. The number of carbonyl (C=O) groups is 1. The molecule has 2 rings (SSSR count). The first-order chi connectivity index (χ1) is 7.46. The number of aliphatic hydroxyl groups is 2. The Morgan fingerprint density at radius 2 is 2.27 bits per heavy atom. The summed E-state index contributed by atoms with van der Waals surface area (Å²) in [5, 5.41) is 14.7. The summed E-state index contributed by atoms with van der Waals surface area (Å²) in [6.07, 6.45) is -1.47. The molecule has 1 heterocycles. The van der Waals surface area contributed by atoms with E-state index < -0.39 is 11.7 Å². The maximum atomic E-state index is 11.4. The van der Waals surface area contributed by atoms with Gasteiger partial charge in [-0.25, -0.2) is 0 Å². The van der Waals surface area contributed by atoms with E-state index in [-0.39, 0.29) is 37.1 Å². The molecule has 0 aromatic rings. The summed E-state index contributed by atoms with van der Waals surface area (Å²) in [6.45, 7) is 3.08. The van der Waals surface area contributed by atoms with Crippen molar-refractivity contribution in [2.24, 2.45) is 0 Å². The maximum absolute atomic E-state index is 11.4. The van der Waals surface area contributed by atoms with Gasteiger partial charge in [0.05, 0.1) is 12.2 Å². The smallest absolute Gasteiger partial charge is 0.211 e. The molecule has 5 atom stereocenters. The average molecular weight is 218 g/mol. The minimum absolute atomic E-state index is 0.0864. The van der Waals surface area contributed by atoms with Crippen LogP contribution in [0.25, 0.3) is 0 Å². The fourth-order valence-corrected chi connectivity index (χ4v) is 2.31. The molecule has 1 aliphatic heterocycles. The van der Waals surface area contributed by atoms with Crippen molar-refractivity contribution in [1.29, 1.82) is 1.43 Å². The SMILES string of the molecule is [3H]O[C@@H]1C[C@](O)(C(C)=O)C[C@H]2OC(C)O[C@@H]12. The zero-order valence-electron chi connectivity index (χ0n) is 9.80. The molecule has 0 amide bonds. The van der Waals surface area contributed by atoms with Gasteiger partial charge >= 0.3 is 0 Å². The van der Waals surface area contributed by atoms with E-state index in [1.54, 1.807) is 6.92 Å². The van der Waals surface area contributed by atoms with Crippen LogP contribution in [0.15, 0.2) is 0 Å². The summed E-state index contributed by atoms with van der Waals surface area (Å²) in [4.78, 5) is 11.4. The van der Waals surface area contributed by atoms with Gasteiger partial charge in [0.25, 0.3) is 0 Å². The number of ketones is 1. The molecular formula is C10H16O5. The third-order valence-corrected chi connectivity index (χ3v) is 3.18. The van der Waals surface area contributed by atoms with Gasteiger partial charge in [0.15, 0.2) is 12.1 Å². The molecule has 1 aliphatic carbocycles. The molecule has 5 heteroatoms. The number of rotatable bonds is 2. The van der Waals surface area contributed by atoms with Gasteiger partial charge in [-0.3, -0.25) is 4.79 Å². The Labute approximate surface area is 89.5 Å². The first kappa shape index (κ1) is 9.72. The lowest BCUT2D eigenvalue weighted by Gasteiger charge is -2.38. The van der Waals surface area contributed by atoms with Crippen LogP contribution in [0.5, 0.6) is 0 Å². The Morgan fingerprint density at radius 1 is 1.53 bits per heavy atom. The minimum atomic E-state index is -1.46. The van der Waals surface area contributed by atoms with Crippen molar-refractivity contribution >= 4 is 5.78 Å². The number of ether oxygens (including phenoxy) is 2. The molecule has 86 valence electrons. The summed E-state index contributed by atoms with van der Waals surface area (Å²) in [7, 11) is 0. The van der Waals surface area contributed by atoms with E-state index in [0.29, 0.717) is 0 Å². The van der Waals surface area contributed by atoms with Crippen LogP contribution < -0.4 is 0 Å². The quantitative estimate of drug-likeness (QED) is 0.659. The highest BCUT2D eigenvalue weighted by atomic mass is 16.7. The third-order valence-electron chi connectivity index (χ3n) is 3.18. The Bertz CT molecular complexity index is 287. The van der Waals surface area contributed by atoms with E-state index in [9.17, 15) is 9.90 Å². The summed E-state index contributed by atoms with van der Waals surface area (Å²) < 4.78 is 17.9. The molecule has 0 radical (unpaired) electrons. The zero-order chi connectivity index (χ0) is 11.9. The van der Waals surface area contributed by atoms with E-state index in [1.165, 1.54) is 6.92 Å². The van der Waals surface area contributed by atoms with Crippen LogP contribution in [-0.2, 0) is 14.3 Å². The van der Waals surface area contributed by atoms with Gasteiger partial charge in [0.2, 0.25) is 1.43 Å². The van der Waals surface area contributed by atoms with Crippen LogP contribution >= 0.6 is 0 Å². The van der Waals surface area contributed by atoms with Gasteiger partial charge in [-0.05, 0) is 13.8 Å². The number of aliphatic hydroxyl groups excluding tert-OH is 1. The molecule has 0 aromatic heterocycles. The Kier molecular flexibility index (Phi) is 2.28. The topological polar surface area (TPSA) is 76.0 Å². The lowest BCUT2D eigenvalue weighted by atomic mass is 9.77. The fraction of sp³-hybridized carbons (Fsp3) is 0.900. The van der Waals surface area contributed by atoms with Gasteiger partial charge in [-0.1, -0.05) is 0 Å². The van der Waals surface area contributed by atoms with E-state index in [4.69, 9.17) is 10.9 Å². The summed E-state index contributed by atoms with van der Waals surface area (Å²) >= 11 is 0. The first-order valence-corrected chi connectivity index (χ1v) is 5.12. The lowest BCUT2D eigenvalue weighted by molar-refractivity contribution is -0.153. The van der Waals surface area contributed by atoms with E-state index in [1.807, 2.05) is 0 Å². The molecule has 2 fully saturated rings. The van der Waals surface area contributed by atoms with Crippen LogP contribution in [0, 0.1) is 0 Å². The van der Waals surface area contributed by atoms with Gasteiger partial charge in [-0.2, -0.15) is 0 Å². The predicted octanol–water partition coefficient (Wildman–Crippen LogP) is -0.409.